The van der Waals surface area contributed by atoms with Gasteiger partial charge in [-0.3, -0.25) is 0 Å². The van der Waals surface area contributed by atoms with Crippen LogP contribution in [0.15, 0.2) is 24.3 Å². The lowest BCUT2D eigenvalue weighted by Gasteiger charge is -2.26. The van der Waals surface area contributed by atoms with Gasteiger partial charge in [-0.1, -0.05) is 38.1 Å². The molecule has 2 rings (SSSR count). The van der Waals surface area contributed by atoms with Gasteiger partial charge >= 0.3 is 0 Å². The Balaban J connectivity index is 1.91. The second-order valence-electron chi connectivity index (χ2n) is 6.78. The Kier molecular flexibility index (Phi) is 6.22. The van der Waals surface area contributed by atoms with Crippen LogP contribution in [0.25, 0.3) is 0 Å². The fourth-order valence-corrected chi connectivity index (χ4v) is 3.12. The molecule has 1 saturated heterocycles. The van der Waals surface area contributed by atoms with Crippen LogP contribution in [0.1, 0.15) is 37.8 Å². The second kappa shape index (κ2) is 7.92. The zero-order chi connectivity index (χ0) is 15.2. The summed E-state index contributed by atoms with van der Waals surface area (Å²) < 4.78 is 0. The minimum Gasteiger partial charge on any atom is -0.310 e. The molecule has 0 aromatic heterocycles. The average Bonchev–Trinajstić information content (AvgIpc) is 2.83. The van der Waals surface area contributed by atoms with Gasteiger partial charge in [0.05, 0.1) is 0 Å². The zero-order valence-electron chi connectivity index (χ0n) is 14.1. The lowest BCUT2D eigenvalue weighted by atomic mass is 10.1. The molecule has 1 aromatic carbocycles. The molecule has 0 spiro atoms. The van der Waals surface area contributed by atoms with Gasteiger partial charge in [0.2, 0.25) is 0 Å². The monoisotopic (exact) mass is 289 g/mol. The second-order valence-corrected chi connectivity index (χ2v) is 6.78. The molecule has 1 N–H and O–H groups in total. The molecular formula is C18H31N3. The minimum absolute atomic E-state index is 0.530. The summed E-state index contributed by atoms with van der Waals surface area (Å²) in [6, 6.07) is 10.1. The first-order chi connectivity index (χ1) is 10.1. The van der Waals surface area contributed by atoms with Crippen molar-refractivity contribution in [1.29, 1.82) is 0 Å². The number of likely N-dealkylation sites (N-methyl/N-ethyl adjacent to an activating group) is 2. The van der Waals surface area contributed by atoms with E-state index in [9.17, 15) is 0 Å². The maximum absolute atomic E-state index is 3.53. The first-order valence-corrected chi connectivity index (χ1v) is 8.25. The van der Waals surface area contributed by atoms with Crippen molar-refractivity contribution in [3.63, 3.8) is 0 Å². The summed E-state index contributed by atoms with van der Waals surface area (Å²) >= 11 is 0. The van der Waals surface area contributed by atoms with Gasteiger partial charge in [0.15, 0.2) is 0 Å². The van der Waals surface area contributed by atoms with Crippen molar-refractivity contribution < 1.29 is 0 Å². The minimum atomic E-state index is 0.530. The molecule has 0 radical (unpaired) electrons. The normalized spacial score (nSPS) is 19.8. The number of nitrogens with zero attached hydrogens (tertiary/aromatic N) is 2. The van der Waals surface area contributed by atoms with Crippen molar-refractivity contribution >= 4 is 0 Å². The Labute approximate surface area is 130 Å². The fourth-order valence-electron chi connectivity index (χ4n) is 3.12. The van der Waals surface area contributed by atoms with E-state index in [-0.39, 0.29) is 0 Å². The van der Waals surface area contributed by atoms with Crippen LogP contribution < -0.4 is 5.32 Å². The van der Waals surface area contributed by atoms with Crippen LogP contribution in [0.4, 0.5) is 0 Å². The van der Waals surface area contributed by atoms with E-state index in [0.29, 0.717) is 6.04 Å². The number of benzene rings is 1. The highest BCUT2D eigenvalue weighted by Crippen LogP contribution is 2.17. The summed E-state index contributed by atoms with van der Waals surface area (Å²) in [7, 11) is 4.50. The molecule has 0 aliphatic carbocycles. The van der Waals surface area contributed by atoms with E-state index in [1.807, 2.05) is 0 Å². The van der Waals surface area contributed by atoms with E-state index < -0.39 is 0 Å². The molecule has 1 aromatic rings. The standard InChI is InChI=1S/C18H31N3/c1-15(2)19-12-16-8-5-6-9-17(16)13-20(3)14-18-10-7-11-21(18)4/h5-6,8-9,15,18-19H,7,10-14H2,1-4H3. The van der Waals surface area contributed by atoms with Crippen molar-refractivity contribution in [2.24, 2.45) is 0 Å². The molecule has 1 aliphatic heterocycles. The first-order valence-electron chi connectivity index (χ1n) is 8.25. The summed E-state index contributed by atoms with van der Waals surface area (Å²) in [6.45, 7) is 8.83. The Morgan fingerprint density at radius 1 is 1.29 bits per heavy atom. The number of hydrogen-bond acceptors (Lipinski definition) is 3. The van der Waals surface area contributed by atoms with Gasteiger partial charge in [0.1, 0.15) is 0 Å². The summed E-state index contributed by atoms with van der Waals surface area (Å²) in [4.78, 5) is 4.98. The molecule has 3 heteroatoms. The van der Waals surface area contributed by atoms with Crippen LogP contribution >= 0.6 is 0 Å². The third-order valence-corrected chi connectivity index (χ3v) is 4.45. The van der Waals surface area contributed by atoms with Gasteiger partial charge in [-0.15, -0.1) is 0 Å². The van der Waals surface area contributed by atoms with Crippen LogP contribution in [0.2, 0.25) is 0 Å². The molecule has 0 amide bonds. The molecule has 3 nitrogen and oxygen atoms in total. The molecule has 1 atom stereocenters. The first kappa shape index (κ1) is 16.5. The Morgan fingerprint density at radius 3 is 2.62 bits per heavy atom. The molecule has 1 aliphatic rings. The molecular weight excluding hydrogens is 258 g/mol. The lowest BCUT2D eigenvalue weighted by Crippen LogP contribution is -2.36. The molecule has 118 valence electrons. The van der Waals surface area contributed by atoms with Crippen molar-refractivity contribution in [1.82, 2.24) is 15.1 Å². The lowest BCUT2D eigenvalue weighted by molar-refractivity contribution is 0.215. The van der Waals surface area contributed by atoms with Crippen LogP contribution in [0.3, 0.4) is 0 Å². The smallest absolute Gasteiger partial charge is 0.0234 e. The quantitative estimate of drug-likeness (QED) is 0.832. The Morgan fingerprint density at radius 2 is 2.00 bits per heavy atom. The third kappa shape index (κ3) is 5.10. The summed E-state index contributed by atoms with van der Waals surface area (Å²) in [6.07, 6.45) is 2.70. The number of nitrogens with one attached hydrogen (secondary N) is 1. The molecule has 0 saturated carbocycles. The van der Waals surface area contributed by atoms with E-state index in [4.69, 9.17) is 0 Å². The van der Waals surface area contributed by atoms with Gasteiger partial charge in [0.25, 0.3) is 0 Å². The Bertz CT molecular complexity index is 430. The summed E-state index contributed by atoms with van der Waals surface area (Å²) in [5.74, 6) is 0. The Hall–Kier alpha value is -0.900. The largest absolute Gasteiger partial charge is 0.310 e. The van der Waals surface area contributed by atoms with Gasteiger partial charge in [0, 0.05) is 31.7 Å². The van der Waals surface area contributed by atoms with Crippen LogP contribution in [0, 0.1) is 0 Å². The highest BCUT2D eigenvalue weighted by Gasteiger charge is 2.22. The van der Waals surface area contributed by atoms with Crippen LogP contribution in [-0.2, 0) is 13.1 Å². The van der Waals surface area contributed by atoms with E-state index >= 15 is 0 Å². The molecule has 1 fully saturated rings. The van der Waals surface area contributed by atoms with Crippen molar-refractivity contribution in [2.45, 2.75) is 51.9 Å². The number of hydrogen-bond donors (Lipinski definition) is 1. The zero-order valence-corrected chi connectivity index (χ0v) is 14.1. The molecule has 1 heterocycles. The molecule has 1 unspecified atom stereocenters. The fraction of sp³-hybridized carbons (Fsp3) is 0.667. The molecule has 21 heavy (non-hydrogen) atoms. The van der Waals surface area contributed by atoms with Crippen molar-refractivity contribution in [3.05, 3.63) is 35.4 Å². The predicted octanol–water partition coefficient (Wildman–Crippen LogP) is 2.71. The predicted molar refractivity (Wildman–Crippen MR) is 90.4 cm³/mol. The van der Waals surface area contributed by atoms with Gasteiger partial charge < -0.3 is 15.1 Å². The molecule has 0 bridgehead atoms. The topological polar surface area (TPSA) is 18.5 Å². The van der Waals surface area contributed by atoms with E-state index in [1.54, 1.807) is 0 Å². The third-order valence-electron chi connectivity index (χ3n) is 4.45. The number of rotatable bonds is 7. The maximum atomic E-state index is 3.53. The highest BCUT2D eigenvalue weighted by atomic mass is 15.2. The van der Waals surface area contributed by atoms with Gasteiger partial charge in [-0.2, -0.15) is 0 Å². The van der Waals surface area contributed by atoms with E-state index in [2.05, 4.69) is 67.3 Å². The number of likely N-dealkylation sites (tertiary alicyclic amines) is 1. The highest BCUT2D eigenvalue weighted by molar-refractivity contribution is 5.27. The summed E-state index contributed by atoms with van der Waals surface area (Å²) in [5.41, 5.74) is 2.88. The summed E-state index contributed by atoms with van der Waals surface area (Å²) in [5, 5.41) is 3.53. The van der Waals surface area contributed by atoms with Crippen molar-refractivity contribution in [2.75, 3.05) is 27.2 Å². The van der Waals surface area contributed by atoms with Gasteiger partial charge in [-0.05, 0) is 44.6 Å². The van der Waals surface area contributed by atoms with E-state index in [0.717, 1.165) is 19.1 Å². The van der Waals surface area contributed by atoms with E-state index in [1.165, 1.54) is 37.1 Å². The van der Waals surface area contributed by atoms with Gasteiger partial charge in [-0.25, -0.2) is 0 Å². The van der Waals surface area contributed by atoms with Crippen LogP contribution in [-0.4, -0.2) is 49.1 Å². The van der Waals surface area contributed by atoms with Crippen molar-refractivity contribution in [3.8, 4) is 0 Å². The van der Waals surface area contributed by atoms with Crippen LogP contribution in [0.5, 0.6) is 0 Å². The average molecular weight is 289 g/mol. The maximum Gasteiger partial charge on any atom is 0.0234 e. The SMILES string of the molecule is CC(C)NCc1ccccc1CN(C)CC1CCCN1C.